The van der Waals surface area contributed by atoms with Gasteiger partial charge in [-0.3, -0.25) is 4.79 Å². The number of hydrogen-bond donors (Lipinski definition) is 2. The zero-order chi connectivity index (χ0) is 15.8. The molecule has 6 nitrogen and oxygen atoms in total. The van der Waals surface area contributed by atoms with Crippen molar-refractivity contribution in [2.24, 2.45) is 11.7 Å². The number of carbonyl (C=O) groups excluding carboxylic acids is 1. The standard InChI is InChI=1S/C15H28N4O2/c1-5-11(4)13(16)15-18-12(10-21-15)14(20)17-8-9-19(6-2)7-3/h10-11,13H,5-9,16H2,1-4H3,(H,17,20). The van der Waals surface area contributed by atoms with Crippen LogP contribution in [0.5, 0.6) is 0 Å². The van der Waals surface area contributed by atoms with Crippen LogP contribution in [-0.4, -0.2) is 42.0 Å². The lowest BCUT2D eigenvalue weighted by molar-refractivity contribution is 0.0944. The summed E-state index contributed by atoms with van der Waals surface area (Å²) in [4.78, 5) is 18.4. The van der Waals surface area contributed by atoms with E-state index in [0.717, 1.165) is 26.1 Å². The summed E-state index contributed by atoms with van der Waals surface area (Å²) in [5, 5.41) is 2.85. The first-order valence-electron chi connectivity index (χ1n) is 7.74. The van der Waals surface area contributed by atoms with Gasteiger partial charge in [0.2, 0.25) is 5.89 Å². The molecule has 1 aromatic heterocycles. The van der Waals surface area contributed by atoms with Gasteiger partial charge in [-0.05, 0) is 19.0 Å². The Hall–Kier alpha value is -1.40. The molecule has 0 saturated carbocycles. The molecule has 1 amide bonds. The molecule has 0 aliphatic heterocycles. The zero-order valence-corrected chi connectivity index (χ0v) is 13.6. The van der Waals surface area contributed by atoms with Gasteiger partial charge in [0.1, 0.15) is 6.26 Å². The highest BCUT2D eigenvalue weighted by Crippen LogP contribution is 2.20. The number of carbonyl (C=O) groups is 1. The average molecular weight is 296 g/mol. The third-order valence-electron chi connectivity index (χ3n) is 3.90. The fourth-order valence-corrected chi connectivity index (χ4v) is 2.00. The fraction of sp³-hybridized carbons (Fsp3) is 0.733. The Morgan fingerprint density at radius 2 is 2.10 bits per heavy atom. The summed E-state index contributed by atoms with van der Waals surface area (Å²) in [7, 11) is 0. The van der Waals surface area contributed by atoms with Crippen LogP contribution in [0.15, 0.2) is 10.7 Å². The first kappa shape index (κ1) is 17.7. The van der Waals surface area contributed by atoms with Gasteiger partial charge in [0.05, 0.1) is 6.04 Å². The zero-order valence-electron chi connectivity index (χ0n) is 13.6. The highest BCUT2D eigenvalue weighted by molar-refractivity contribution is 5.91. The van der Waals surface area contributed by atoms with Gasteiger partial charge in [0.25, 0.3) is 5.91 Å². The molecule has 0 aliphatic carbocycles. The Bertz CT molecular complexity index is 429. The molecule has 0 bridgehead atoms. The molecule has 0 spiro atoms. The van der Waals surface area contributed by atoms with Crippen LogP contribution in [-0.2, 0) is 0 Å². The number of likely N-dealkylation sites (N-methyl/N-ethyl adjacent to an activating group) is 1. The van der Waals surface area contributed by atoms with Crippen LogP contribution in [0.1, 0.15) is 56.5 Å². The van der Waals surface area contributed by atoms with E-state index in [2.05, 4.69) is 36.0 Å². The monoisotopic (exact) mass is 296 g/mol. The molecule has 1 aromatic rings. The normalized spacial score (nSPS) is 14.2. The van der Waals surface area contributed by atoms with Gasteiger partial charge in [0.15, 0.2) is 5.69 Å². The van der Waals surface area contributed by atoms with Crippen LogP contribution in [0.4, 0.5) is 0 Å². The molecular weight excluding hydrogens is 268 g/mol. The molecule has 0 radical (unpaired) electrons. The van der Waals surface area contributed by atoms with E-state index < -0.39 is 0 Å². The number of nitrogens with zero attached hydrogens (tertiary/aromatic N) is 2. The van der Waals surface area contributed by atoms with Crippen molar-refractivity contribution in [3.63, 3.8) is 0 Å². The van der Waals surface area contributed by atoms with E-state index in [1.54, 1.807) is 0 Å². The lowest BCUT2D eigenvalue weighted by Gasteiger charge is -2.17. The fourth-order valence-electron chi connectivity index (χ4n) is 2.00. The second-order valence-corrected chi connectivity index (χ2v) is 5.27. The molecule has 21 heavy (non-hydrogen) atoms. The third-order valence-corrected chi connectivity index (χ3v) is 3.90. The van der Waals surface area contributed by atoms with Crippen molar-refractivity contribution in [3.05, 3.63) is 17.8 Å². The number of rotatable bonds is 9. The Kier molecular flexibility index (Phi) is 7.39. The van der Waals surface area contributed by atoms with Crippen LogP contribution in [0.25, 0.3) is 0 Å². The number of amides is 1. The molecular formula is C15H28N4O2. The molecule has 2 atom stereocenters. The third kappa shape index (κ3) is 5.13. The quantitative estimate of drug-likeness (QED) is 0.726. The van der Waals surface area contributed by atoms with E-state index in [-0.39, 0.29) is 17.9 Å². The Morgan fingerprint density at radius 1 is 1.43 bits per heavy atom. The van der Waals surface area contributed by atoms with E-state index in [9.17, 15) is 4.79 Å². The molecule has 3 N–H and O–H groups in total. The predicted octanol–water partition coefficient (Wildman–Crippen LogP) is 1.79. The van der Waals surface area contributed by atoms with Crippen LogP contribution >= 0.6 is 0 Å². The van der Waals surface area contributed by atoms with Gasteiger partial charge in [-0.25, -0.2) is 4.98 Å². The number of hydrogen-bond acceptors (Lipinski definition) is 5. The van der Waals surface area contributed by atoms with Crippen molar-refractivity contribution in [3.8, 4) is 0 Å². The van der Waals surface area contributed by atoms with Gasteiger partial charge >= 0.3 is 0 Å². The molecule has 6 heteroatoms. The van der Waals surface area contributed by atoms with Gasteiger partial charge in [-0.2, -0.15) is 0 Å². The summed E-state index contributed by atoms with van der Waals surface area (Å²) in [6, 6.07) is -0.271. The highest BCUT2D eigenvalue weighted by atomic mass is 16.3. The second-order valence-electron chi connectivity index (χ2n) is 5.27. The average Bonchev–Trinajstić information content (AvgIpc) is 2.99. The summed E-state index contributed by atoms with van der Waals surface area (Å²) in [6.07, 6.45) is 2.32. The Morgan fingerprint density at radius 3 is 2.67 bits per heavy atom. The van der Waals surface area contributed by atoms with Crippen molar-refractivity contribution in [1.29, 1.82) is 0 Å². The van der Waals surface area contributed by atoms with Crippen LogP contribution in [0, 0.1) is 5.92 Å². The highest BCUT2D eigenvalue weighted by Gasteiger charge is 2.20. The number of aromatic nitrogens is 1. The number of nitrogens with two attached hydrogens (primary N) is 1. The van der Waals surface area contributed by atoms with Crippen molar-refractivity contribution in [2.45, 2.75) is 40.2 Å². The van der Waals surface area contributed by atoms with Crippen LogP contribution < -0.4 is 11.1 Å². The van der Waals surface area contributed by atoms with E-state index in [1.165, 1.54) is 6.26 Å². The Balaban J connectivity index is 2.50. The largest absolute Gasteiger partial charge is 0.446 e. The minimum absolute atomic E-state index is 0.214. The van der Waals surface area contributed by atoms with Gasteiger partial charge in [-0.1, -0.05) is 34.1 Å². The minimum atomic E-state index is -0.271. The van der Waals surface area contributed by atoms with Crippen molar-refractivity contribution in [2.75, 3.05) is 26.2 Å². The number of oxazole rings is 1. The Labute approximate surface area is 127 Å². The summed E-state index contributed by atoms with van der Waals surface area (Å²) >= 11 is 0. The maximum Gasteiger partial charge on any atom is 0.273 e. The smallest absolute Gasteiger partial charge is 0.273 e. The molecule has 2 unspecified atom stereocenters. The SMILES string of the molecule is CCC(C)C(N)c1nc(C(=O)NCCN(CC)CC)co1. The first-order chi connectivity index (χ1) is 10.0. The summed E-state index contributed by atoms with van der Waals surface area (Å²) in [6.45, 7) is 11.7. The van der Waals surface area contributed by atoms with Crippen LogP contribution in [0.3, 0.4) is 0 Å². The van der Waals surface area contributed by atoms with Crippen LogP contribution in [0.2, 0.25) is 0 Å². The van der Waals surface area contributed by atoms with E-state index >= 15 is 0 Å². The lowest BCUT2D eigenvalue weighted by atomic mass is 10.0. The maximum atomic E-state index is 12.0. The van der Waals surface area contributed by atoms with Crippen molar-refractivity contribution in [1.82, 2.24) is 15.2 Å². The maximum absolute atomic E-state index is 12.0. The second kappa shape index (κ2) is 8.79. The topological polar surface area (TPSA) is 84.4 Å². The summed E-state index contributed by atoms with van der Waals surface area (Å²) in [5.41, 5.74) is 6.34. The van der Waals surface area contributed by atoms with Gasteiger partial charge in [0, 0.05) is 13.1 Å². The van der Waals surface area contributed by atoms with E-state index in [4.69, 9.17) is 10.2 Å². The molecule has 1 heterocycles. The van der Waals surface area contributed by atoms with Gasteiger partial charge in [-0.15, -0.1) is 0 Å². The molecule has 0 aromatic carbocycles. The van der Waals surface area contributed by atoms with Crippen molar-refractivity contribution >= 4 is 5.91 Å². The van der Waals surface area contributed by atoms with E-state index in [0.29, 0.717) is 18.1 Å². The van der Waals surface area contributed by atoms with E-state index in [1.807, 2.05) is 6.92 Å². The molecule has 1 rings (SSSR count). The summed E-state index contributed by atoms with van der Waals surface area (Å²) < 4.78 is 5.33. The molecule has 0 fully saturated rings. The first-order valence-corrected chi connectivity index (χ1v) is 7.74. The molecule has 120 valence electrons. The molecule has 0 saturated heterocycles. The van der Waals surface area contributed by atoms with Crippen molar-refractivity contribution < 1.29 is 9.21 Å². The van der Waals surface area contributed by atoms with Gasteiger partial charge < -0.3 is 20.4 Å². The predicted molar refractivity (Wildman–Crippen MR) is 83.0 cm³/mol. The lowest BCUT2D eigenvalue weighted by Crippen LogP contribution is -2.35. The minimum Gasteiger partial charge on any atom is -0.446 e. The summed E-state index contributed by atoms with van der Waals surface area (Å²) in [5.74, 6) is 0.481. The number of nitrogens with one attached hydrogen (secondary N) is 1. The molecule has 0 aliphatic rings.